The summed E-state index contributed by atoms with van der Waals surface area (Å²) in [6.45, 7) is 2.32. The van der Waals surface area contributed by atoms with Crippen LogP contribution >= 0.6 is 22.6 Å². The average Bonchev–Trinajstić information content (AvgIpc) is 2.68. The van der Waals surface area contributed by atoms with Crippen molar-refractivity contribution in [3.8, 4) is 0 Å². The summed E-state index contributed by atoms with van der Waals surface area (Å²) in [6, 6.07) is 0.617. The summed E-state index contributed by atoms with van der Waals surface area (Å²) in [7, 11) is 2.05. The van der Waals surface area contributed by atoms with E-state index in [1.165, 1.54) is 23.0 Å². The van der Waals surface area contributed by atoms with Crippen LogP contribution in [0.3, 0.4) is 0 Å². The number of nitrogens with zero attached hydrogens (tertiary/aromatic N) is 2. The number of anilines is 1. The Morgan fingerprint density at radius 2 is 2.36 bits per heavy atom. The first-order valence-corrected chi connectivity index (χ1v) is 6.20. The summed E-state index contributed by atoms with van der Waals surface area (Å²) >= 11 is 2.30. The lowest BCUT2D eigenvalue weighted by Crippen LogP contribution is -2.23. The SMILES string of the molecule is CC1CCCC1Nc1ncc(I)n1C. The quantitative estimate of drug-likeness (QED) is 0.851. The van der Waals surface area contributed by atoms with Gasteiger partial charge in [0.05, 0.1) is 6.20 Å². The summed E-state index contributed by atoms with van der Waals surface area (Å²) in [5.41, 5.74) is 0. The van der Waals surface area contributed by atoms with E-state index in [0.29, 0.717) is 6.04 Å². The molecule has 0 aromatic carbocycles. The summed E-state index contributed by atoms with van der Waals surface area (Å²) in [4.78, 5) is 4.36. The largest absolute Gasteiger partial charge is 0.353 e. The lowest BCUT2D eigenvalue weighted by molar-refractivity contribution is 0.551. The van der Waals surface area contributed by atoms with Crippen LogP contribution in [0.5, 0.6) is 0 Å². The maximum Gasteiger partial charge on any atom is 0.203 e. The maximum atomic E-state index is 4.36. The van der Waals surface area contributed by atoms with Crippen molar-refractivity contribution in [2.75, 3.05) is 5.32 Å². The van der Waals surface area contributed by atoms with Gasteiger partial charge in [-0.3, -0.25) is 0 Å². The summed E-state index contributed by atoms with van der Waals surface area (Å²) < 4.78 is 3.28. The smallest absolute Gasteiger partial charge is 0.203 e. The van der Waals surface area contributed by atoms with Crippen LogP contribution < -0.4 is 5.32 Å². The number of hydrogen-bond acceptors (Lipinski definition) is 2. The Balaban J connectivity index is 2.07. The highest BCUT2D eigenvalue weighted by Crippen LogP contribution is 2.27. The van der Waals surface area contributed by atoms with Crippen molar-refractivity contribution in [3.05, 3.63) is 9.90 Å². The van der Waals surface area contributed by atoms with E-state index in [0.717, 1.165) is 11.9 Å². The second kappa shape index (κ2) is 4.08. The Kier molecular flexibility index (Phi) is 2.99. The third-order valence-electron chi connectivity index (χ3n) is 3.11. The fourth-order valence-corrected chi connectivity index (χ4v) is 2.42. The van der Waals surface area contributed by atoms with Gasteiger partial charge < -0.3 is 9.88 Å². The molecule has 4 heteroatoms. The molecule has 0 bridgehead atoms. The molecule has 14 heavy (non-hydrogen) atoms. The van der Waals surface area contributed by atoms with Gasteiger partial charge in [0.2, 0.25) is 5.95 Å². The third-order valence-corrected chi connectivity index (χ3v) is 4.11. The van der Waals surface area contributed by atoms with Crippen LogP contribution in [-0.4, -0.2) is 15.6 Å². The van der Waals surface area contributed by atoms with Gasteiger partial charge in [0, 0.05) is 13.1 Å². The zero-order valence-corrected chi connectivity index (χ0v) is 10.8. The summed E-state index contributed by atoms with van der Waals surface area (Å²) in [5, 5.41) is 3.53. The topological polar surface area (TPSA) is 29.9 Å². The lowest BCUT2D eigenvalue weighted by Gasteiger charge is -2.17. The Labute approximate surface area is 98.4 Å². The van der Waals surface area contributed by atoms with Gasteiger partial charge in [-0.25, -0.2) is 4.98 Å². The van der Waals surface area contributed by atoms with Crippen molar-refractivity contribution in [2.45, 2.75) is 32.2 Å². The molecular weight excluding hydrogens is 289 g/mol. The van der Waals surface area contributed by atoms with Crippen LogP contribution in [0.2, 0.25) is 0 Å². The zero-order valence-electron chi connectivity index (χ0n) is 8.63. The molecule has 1 heterocycles. The molecule has 2 rings (SSSR count). The van der Waals surface area contributed by atoms with Crippen LogP contribution in [0.25, 0.3) is 0 Å². The van der Waals surface area contributed by atoms with Gasteiger partial charge in [-0.1, -0.05) is 13.3 Å². The van der Waals surface area contributed by atoms with Crippen LogP contribution in [0.1, 0.15) is 26.2 Å². The summed E-state index contributed by atoms with van der Waals surface area (Å²) in [6.07, 6.45) is 5.88. The molecule has 0 saturated heterocycles. The predicted molar refractivity (Wildman–Crippen MR) is 66.4 cm³/mol. The van der Waals surface area contributed by atoms with Crippen LogP contribution in [-0.2, 0) is 7.05 Å². The van der Waals surface area contributed by atoms with Crippen molar-refractivity contribution >= 4 is 28.5 Å². The van der Waals surface area contributed by atoms with E-state index in [9.17, 15) is 0 Å². The fraction of sp³-hybridized carbons (Fsp3) is 0.700. The minimum Gasteiger partial charge on any atom is -0.353 e. The highest BCUT2D eigenvalue weighted by Gasteiger charge is 2.24. The Hall–Kier alpha value is -0.260. The number of aromatic nitrogens is 2. The molecule has 1 saturated carbocycles. The second-order valence-electron chi connectivity index (χ2n) is 4.12. The van der Waals surface area contributed by atoms with E-state index in [4.69, 9.17) is 0 Å². The molecule has 0 amide bonds. The highest BCUT2D eigenvalue weighted by molar-refractivity contribution is 14.1. The van der Waals surface area contributed by atoms with Crippen LogP contribution in [0.4, 0.5) is 5.95 Å². The molecule has 3 nitrogen and oxygen atoms in total. The van der Waals surface area contributed by atoms with E-state index in [-0.39, 0.29) is 0 Å². The molecule has 0 aliphatic heterocycles. The molecule has 0 spiro atoms. The molecule has 1 N–H and O–H groups in total. The average molecular weight is 305 g/mol. The standard InChI is InChI=1S/C10H16IN3/c1-7-4-3-5-8(7)13-10-12-6-9(11)14(10)2/h6-8H,3-5H2,1-2H3,(H,12,13). The number of imidazole rings is 1. The molecule has 1 aromatic rings. The molecule has 2 unspecified atom stereocenters. The van der Waals surface area contributed by atoms with E-state index >= 15 is 0 Å². The van der Waals surface area contributed by atoms with Crippen molar-refractivity contribution in [3.63, 3.8) is 0 Å². The lowest BCUT2D eigenvalue weighted by atomic mass is 10.1. The second-order valence-corrected chi connectivity index (χ2v) is 5.23. The minimum atomic E-state index is 0.617. The van der Waals surface area contributed by atoms with Gasteiger partial charge in [-0.05, 0) is 41.4 Å². The number of nitrogens with one attached hydrogen (secondary N) is 1. The Morgan fingerprint density at radius 3 is 2.86 bits per heavy atom. The molecular formula is C10H16IN3. The first-order valence-electron chi connectivity index (χ1n) is 5.12. The van der Waals surface area contributed by atoms with Gasteiger partial charge in [-0.2, -0.15) is 0 Å². The monoisotopic (exact) mass is 305 g/mol. The van der Waals surface area contributed by atoms with Crippen molar-refractivity contribution in [2.24, 2.45) is 13.0 Å². The molecule has 1 aromatic heterocycles. The van der Waals surface area contributed by atoms with Gasteiger partial charge in [0.1, 0.15) is 3.70 Å². The summed E-state index contributed by atoms with van der Waals surface area (Å²) in [5.74, 6) is 1.79. The van der Waals surface area contributed by atoms with E-state index in [1.807, 2.05) is 6.20 Å². The van der Waals surface area contributed by atoms with E-state index in [2.05, 4.69) is 51.4 Å². The van der Waals surface area contributed by atoms with Gasteiger partial charge in [0.25, 0.3) is 0 Å². The molecule has 0 radical (unpaired) electrons. The fourth-order valence-electron chi connectivity index (χ4n) is 2.05. The van der Waals surface area contributed by atoms with E-state index in [1.54, 1.807) is 0 Å². The number of rotatable bonds is 2. The van der Waals surface area contributed by atoms with E-state index < -0.39 is 0 Å². The third kappa shape index (κ3) is 1.89. The van der Waals surface area contributed by atoms with Gasteiger partial charge in [0.15, 0.2) is 0 Å². The first kappa shape index (κ1) is 10.3. The zero-order chi connectivity index (χ0) is 10.1. The Morgan fingerprint density at radius 1 is 1.57 bits per heavy atom. The van der Waals surface area contributed by atoms with Gasteiger partial charge >= 0.3 is 0 Å². The number of hydrogen-bond donors (Lipinski definition) is 1. The molecule has 1 fully saturated rings. The predicted octanol–water partition coefficient (Wildman–Crippen LogP) is 2.63. The molecule has 78 valence electrons. The number of halogens is 1. The highest BCUT2D eigenvalue weighted by atomic mass is 127. The van der Waals surface area contributed by atoms with Crippen LogP contribution in [0.15, 0.2) is 6.20 Å². The van der Waals surface area contributed by atoms with Gasteiger partial charge in [-0.15, -0.1) is 0 Å². The molecule has 1 aliphatic carbocycles. The van der Waals surface area contributed by atoms with Crippen molar-refractivity contribution < 1.29 is 0 Å². The minimum absolute atomic E-state index is 0.617. The van der Waals surface area contributed by atoms with Crippen LogP contribution in [0, 0.1) is 9.62 Å². The first-order chi connectivity index (χ1) is 6.68. The van der Waals surface area contributed by atoms with Crippen molar-refractivity contribution in [1.29, 1.82) is 0 Å². The molecule has 1 aliphatic rings. The maximum absolute atomic E-state index is 4.36. The van der Waals surface area contributed by atoms with Crippen molar-refractivity contribution in [1.82, 2.24) is 9.55 Å². The normalized spacial score (nSPS) is 26.8. The molecule has 2 atom stereocenters. The Bertz CT molecular complexity index is 321.